The minimum absolute atomic E-state index is 0.0822. The van der Waals surface area contributed by atoms with Crippen molar-refractivity contribution >= 4 is 29.3 Å². The summed E-state index contributed by atoms with van der Waals surface area (Å²) in [5.74, 6) is -0.819. The zero-order chi connectivity index (χ0) is 18.1. The van der Waals surface area contributed by atoms with Gasteiger partial charge in [0.1, 0.15) is 0 Å². The third-order valence-corrected chi connectivity index (χ3v) is 4.41. The Bertz CT molecular complexity index is 695. The molecule has 0 saturated carbocycles. The number of ether oxygens (including phenoxy) is 1. The minimum Gasteiger partial charge on any atom is -0.449 e. The highest BCUT2D eigenvalue weighted by Crippen LogP contribution is 2.18. The molecule has 1 heterocycles. The Hall–Kier alpha value is -2.40. The van der Waals surface area contributed by atoms with Crippen LogP contribution in [0.2, 0.25) is 0 Å². The van der Waals surface area contributed by atoms with Gasteiger partial charge in [0.15, 0.2) is 6.10 Å². The van der Waals surface area contributed by atoms with E-state index in [-0.39, 0.29) is 11.9 Å². The van der Waals surface area contributed by atoms with Crippen molar-refractivity contribution < 1.29 is 14.3 Å². The molecule has 0 bridgehead atoms. The fraction of sp³-hybridized carbons (Fsp3) is 0.300. The van der Waals surface area contributed by atoms with Gasteiger partial charge in [-0.1, -0.05) is 43.7 Å². The van der Waals surface area contributed by atoms with Gasteiger partial charge in [0.05, 0.1) is 6.04 Å². The molecule has 25 heavy (non-hydrogen) atoms. The van der Waals surface area contributed by atoms with Crippen molar-refractivity contribution in [2.75, 3.05) is 0 Å². The lowest BCUT2D eigenvalue weighted by atomic mass is 10.0. The standard InChI is InChI=1S/C20H23NO3S/c1-3-7-18(17-8-5-4-6-9-17)21-20(23)15(2)24-19(22)11-10-16-12-13-25-14-16/h4-6,8-15,18H,3,7H2,1-2H3,(H,21,23)/b11-10+/t15-,18+/m0/s1. The molecule has 0 aliphatic rings. The Morgan fingerprint density at radius 1 is 1.24 bits per heavy atom. The van der Waals surface area contributed by atoms with E-state index in [1.165, 1.54) is 6.08 Å². The molecule has 132 valence electrons. The number of carbonyl (C=O) groups excluding carboxylic acids is 2. The predicted molar refractivity (Wildman–Crippen MR) is 101 cm³/mol. The van der Waals surface area contributed by atoms with E-state index in [1.807, 2.05) is 47.2 Å². The summed E-state index contributed by atoms with van der Waals surface area (Å²) < 4.78 is 5.19. The summed E-state index contributed by atoms with van der Waals surface area (Å²) in [6.45, 7) is 3.65. The normalized spacial score (nSPS) is 13.4. The van der Waals surface area contributed by atoms with Crippen LogP contribution < -0.4 is 5.32 Å². The molecule has 0 unspecified atom stereocenters. The number of rotatable bonds is 8. The summed E-state index contributed by atoms with van der Waals surface area (Å²) in [7, 11) is 0. The lowest BCUT2D eigenvalue weighted by molar-refractivity contribution is -0.150. The molecular weight excluding hydrogens is 334 g/mol. The Morgan fingerprint density at radius 3 is 2.64 bits per heavy atom. The Balaban J connectivity index is 1.90. The number of thiophene rings is 1. The Morgan fingerprint density at radius 2 is 2.00 bits per heavy atom. The Labute approximate surface area is 152 Å². The van der Waals surface area contributed by atoms with Gasteiger partial charge in [0.2, 0.25) is 0 Å². The van der Waals surface area contributed by atoms with E-state index < -0.39 is 12.1 Å². The molecule has 2 aromatic rings. The first kappa shape index (κ1) is 18.9. The maximum atomic E-state index is 12.4. The van der Waals surface area contributed by atoms with E-state index in [0.29, 0.717) is 0 Å². The van der Waals surface area contributed by atoms with Crippen LogP contribution in [0.3, 0.4) is 0 Å². The van der Waals surface area contributed by atoms with Crippen molar-refractivity contribution in [2.45, 2.75) is 38.8 Å². The van der Waals surface area contributed by atoms with E-state index in [2.05, 4.69) is 12.2 Å². The number of carbonyl (C=O) groups is 2. The summed E-state index contributed by atoms with van der Waals surface area (Å²) in [5.41, 5.74) is 1.99. The molecule has 2 rings (SSSR count). The molecule has 5 heteroatoms. The number of esters is 1. The third kappa shape index (κ3) is 6.19. The van der Waals surface area contributed by atoms with Gasteiger partial charge in [-0.25, -0.2) is 4.79 Å². The molecule has 0 radical (unpaired) electrons. The van der Waals surface area contributed by atoms with E-state index in [4.69, 9.17) is 4.74 Å². The quantitative estimate of drug-likeness (QED) is 0.564. The summed E-state index contributed by atoms with van der Waals surface area (Å²) >= 11 is 1.55. The molecule has 1 aromatic carbocycles. The van der Waals surface area contributed by atoms with Gasteiger partial charge in [-0.15, -0.1) is 0 Å². The third-order valence-electron chi connectivity index (χ3n) is 3.71. The second-order valence-corrected chi connectivity index (χ2v) is 6.51. The van der Waals surface area contributed by atoms with Gasteiger partial charge in [-0.2, -0.15) is 11.3 Å². The van der Waals surface area contributed by atoms with Gasteiger partial charge in [0.25, 0.3) is 5.91 Å². The predicted octanol–water partition coefficient (Wildman–Crippen LogP) is 4.35. The van der Waals surface area contributed by atoms with Gasteiger partial charge < -0.3 is 10.1 Å². The largest absolute Gasteiger partial charge is 0.449 e. The van der Waals surface area contributed by atoms with Crippen LogP contribution in [0.1, 0.15) is 43.9 Å². The van der Waals surface area contributed by atoms with Crippen molar-refractivity contribution in [1.82, 2.24) is 5.32 Å². The molecule has 1 N–H and O–H groups in total. The number of hydrogen-bond donors (Lipinski definition) is 1. The molecule has 2 atom stereocenters. The molecule has 0 saturated heterocycles. The van der Waals surface area contributed by atoms with Gasteiger partial charge in [0, 0.05) is 6.08 Å². The van der Waals surface area contributed by atoms with E-state index >= 15 is 0 Å². The van der Waals surface area contributed by atoms with Crippen molar-refractivity contribution in [3.05, 3.63) is 64.4 Å². The average Bonchev–Trinajstić information content (AvgIpc) is 3.14. The molecule has 4 nitrogen and oxygen atoms in total. The molecule has 0 aliphatic heterocycles. The lowest BCUT2D eigenvalue weighted by Crippen LogP contribution is -2.38. The Kier molecular flexibility index (Phi) is 7.41. The van der Waals surface area contributed by atoms with Crippen LogP contribution in [0.4, 0.5) is 0 Å². The second-order valence-electron chi connectivity index (χ2n) is 5.73. The van der Waals surface area contributed by atoms with Crippen LogP contribution in [0.15, 0.2) is 53.2 Å². The first-order valence-corrected chi connectivity index (χ1v) is 9.30. The molecule has 0 aliphatic carbocycles. The van der Waals surface area contributed by atoms with Gasteiger partial charge >= 0.3 is 5.97 Å². The van der Waals surface area contributed by atoms with Crippen molar-refractivity contribution in [2.24, 2.45) is 0 Å². The van der Waals surface area contributed by atoms with Crippen molar-refractivity contribution in [3.8, 4) is 0 Å². The molecular formula is C20H23NO3S. The monoisotopic (exact) mass is 357 g/mol. The maximum Gasteiger partial charge on any atom is 0.331 e. The highest BCUT2D eigenvalue weighted by atomic mass is 32.1. The van der Waals surface area contributed by atoms with Crippen LogP contribution in [0.5, 0.6) is 0 Å². The zero-order valence-corrected chi connectivity index (χ0v) is 15.3. The first-order valence-electron chi connectivity index (χ1n) is 8.36. The van der Waals surface area contributed by atoms with Crippen LogP contribution in [0.25, 0.3) is 6.08 Å². The topological polar surface area (TPSA) is 55.4 Å². The van der Waals surface area contributed by atoms with Gasteiger partial charge in [-0.3, -0.25) is 4.79 Å². The van der Waals surface area contributed by atoms with Crippen LogP contribution in [-0.4, -0.2) is 18.0 Å². The smallest absolute Gasteiger partial charge is 0.331 e. The second kappa shape index (κ2) is 9.79. The van der Waals surface area contributed by atoms with Crippen LogP contribution in [0, 0.1) is 0 Å². The fourth-order valence-corrected chi connectivity index (χ4v) is 3.01. The van der Waals surface area contributed by atoms with Gasteiger partial charge in [-0.05, 0) is 47.4 Å². The molecule has 0 fully saturated rings. The van der Waals surface area contributed by atoms with Crippen molar-refractivity contribution in [1.29, 1.82) is 0 Å². The van der Waals surface area contributed by atoms with E-state index in [0.717, 1.165) is 24.0 Å². The summed E-state index contributed by atoms with van der Waals surface area (Å²) in [6, 6.07) is 11.6. The highest BCUT2D eigenvalue weighted by molar-refractivity contribution is 7.08. The summed E-state index contributed by atoms with van der Waals surface area (Å²) in [5, 5.41) is 6.83. The average molecular weight is 357 g/mol. The maximum absolute atomic E-state index is 12.4. The highest BCUT2D eigenvalue weighted by Gasteiger charge is 2.20. The number of amides is 1. The van der Waals surface area contributed by atoms with E-state index in [1.54, 1.807) is 24.3 Å². The fourth-order valence-electron chi connectivity index (χ4n) is 2.39. The van der Waals surface area contributed by atoms with Crippen LogP contribution in [-0.2, 0) is 14.3 Å². The molecule has 0 spiro atoms. The molecule has 1 amide bonds. The zero-order valence-electron chi connectivity index (χ0n) is 14.5. The summed E-state index contributed by atoms with van der Waals surface area (Å²) in [4.78, 5) is 24.2. The first-order chi connectivity index (χ1) is 12.1. The van der Waals surface area contributed by atoms with E-state index in [9.17, 15) is 9.59 Å². The number of benzene rings is 1. The summed E-state index contributed by atoms with van der Waals surface area (Å²) in [6.07, 6.45) is 3.94. The lowest BCUT2D eigenvalue weighted by Gasteiger charge is -2.21. The molecule has 1 aromatic heterocycles. The van der Waals surface area contributed by atoms with Crippen LogP contribution >= 0.6 is 11.3 Å². The number of nitrogens with one attached hydrogen (secondary N) is 1. The van der Waals surface area contributed by atoms with Crippen molar-refractivity contribution in [3.63, 3.8) is 0 Å². The SMILES string of the molecule is CCC[C@@H](NC(=O)[C@H](C)OC(=O)/C=C/c1ccsc1)c1ccccc1. The minimum atomic E-state index is -0.845. The number of hydrogen-bond acceptors (Lipinski definition) is 4.